The molecule has 0 aliphatic rings. The second kappa shape index (κ2) is 4.30. The Labute approximate surface area is 87.2 Å². The fraction of sp³-hybridized carbons (Fsp3) is 0.286. The highest BCUT2D eigenvalue weighted by atomic mass is 79.9. The summed E-state index contributed by atoms with van der Waals surface area (Å²) in [6.07, 6.45) is -1.22. The van der Waals surface area contributed by atoms with E-state index in [-0.39, 0.29) is 10.7 Å². The van der Waals surface area contributed by atoms with Crippen LogP contribution in [0, 0.1) is 0 Å². The van der Waals surface area contributed by atoms with Crippen LogP contribution in [-0.4, -0.2) is 11.4 Å². The minimum absolute atomic E-state index is 0.0102. The van der Waals surface area contributed by atoms with Crippen LogP contribution in [0.1, 0.15) is 11.6 Å². The molecule has 13 heavy (non-hydrogen) atoms. The Hall–Kier alpha value is -0.260. The summed E-state index contributed by atoms with van der Waals surface area (Å²) in [6.45, 7) is 0. The van der Waals surface area contributed by atoms with Gasteiger partial charge in [-0.1, -0.05) is 11.6 Å². The highest BCUT2D eigenvalue weighted by Crippen LogP contribution is 2.26. The van der Waals surface area contributed by atoms with Crippen LogP contribution in [-0.2, 0) is 0 Å². The van der Waals surface area contributed by atoms with Gasteiger partial charge in [-0.3, -0.25) is 0 Å². The maximum Gasteiger partial charge on any atom is 0.257 e. The highest BCUT2D eigenvalue weighted by Gasteiger charge is 2.20. The van der Waals surface area contributed by atoms with Gasteiger partial charge in [-0.15, -0.1) is 0 Å². The topological polar surface area (TPSA) is 38.9 Å². The lowest BCUT2D eigenvalue weighted by Gasteiger charge is -2.11. The minimum atomic E-state index is -2.64. The third-order valence-electron chi connectivity index (χ3n) is 1.46. The van der Waals surface area contributed by atoms with E-state index in [2.05, 4.69) is 20.9 Å². The molecule has 0 spiro atoms. The van der Waals surface area contributed by atoms with Crippen molar-refractivity contribution in [3.8, 4) is 0 Å². The molecular formula is C7H6BrClF2N2. The van der Waals surface area contributed by atoms with Crippen molar-refractivity contribution in [1.29, 1.82) is 0 Å². The summed E-state index contributed by atoms with van der Waals surface area (Å²) in [5, 5.41) is 0.0102. The number of pyridine rings is 1. The molecular weight excluding hydrogens is 265 g/mol. The van der Waals surface area contributed by atoms with E-state index in [0.717, 1.165) is 0 Å². The molecule has 1 unspecified atom stereocenters. The number of rotatable bonds is 2. The highest BCUT2D eigenvalue weighted by molar-refractivity contribution is 9.10. The first-order valence-electron chi connectivity index (χ1n) is 3.37. The van der Waals surface area contributed by atoms with Gasteiger partial charge in [-0.25, -0.2) is 13.8 Å². The summed E-state index contributed by atoms with van der Waals surface area (Å²) in [6, 6.07) is 0.0455. The van der Waals surface area contributed by atoms with Gasteiger partial charge in [0.1, 0.15) is 5.15 Å². The van der Waals surface area contributed by atoms with E-state index in [4.69, 9.17) is 17.3 Å². The summed E-state index contributed by atoms with van der Waals surface area (Å²) in [5.41, 5.74) is 5.36. The zero-order chi connectivity index (χ0) is 10.0. The molecule has 0 radical (unpaired) electrons. The molecule has 0 amide bonds. The molecule has 0 saturated heterocycles. The van der Waals surface area contributed by atoms with Crippen LogP contribution in [0.5, 0.6) is 0 Å². The zero-order valence-corrected chi connectivity index (χ0v) is 8.69. The predicted molar refractivity (Wildman–Crippen MR) is 49.9 cm³/mol. The molecule has 0 saturated carbocycles. The fourth-order valence-electron chi connectivity index (χ4n) is 0.808. The molecule has 1 rings (SSSR count). The van der Waals surface area contributed by atoms with Gasteiger partial charge in [0.05, 0.1) is 6.04 Å². The summed E-state index contributed by atoms with van der Waals surface area (Å²) in [5.74, 6) is 0. The molecule has 2 nitrogen and oxygen atoms in total. The van der Waals surface area contributed by atoms with Crippen LogP contribution in [0.4, 0.5) is 8.78 Å². The first kappa shape index (κ1) is 10.8. The first-order valence-corrected chi connectivity index (χ1v) is 4.54. The van der Waals surface area contributed by atoms with Crippen molar-refractivity contribution in [3.05, 3.63) is 27.5 Å². The van der Waals surface area contributed by atoms with E-state index in [0.29, 0.717) is 4.47 Å². The molecule has 0 fully saturated rings. The number of hydrogen-bond donors (Lipinski definition) is 1. The Bertz CT molecular complexity index is 309. The van der Waals surface area contributed by atoms with Gasteiger partial charge in [0.15, 0.2) is 0 Å². The van der Waals surface area contributed by atoms with Gasteiger partial charge in [0.25, 0.3) is 6.43 Å². The molecule has 1 heterocycles. The SMILES string of the molecule is NC(c1cc(Br)cnc1Cl)C(F)F. The quantitative estimate of drug-likeness (QED) is 0.840. The van der Waals surface area contributed by atoms with Gasteiger partial charge in [-0.05, 0) is 22.0 Å². The number of nitrogens with two attached hydrogens (primary N) is 1. The second-order valence-electron chi connectivity index (χ2n) is 2.39. The Kier molecular flexibility index (Phi) is 3.58. The lowest BCUT2D eigenvalue weighted by molar-refractivity contribution is 0.116. The van der Waals surface area contributed by atoms with Gasteiger partial charge >= 0.3 is 0 Å². The lowest BCUT2D eigenvalue weighted by atomic mass is 10.1. The second-order valence-corrected chi connectivity index (χ2v) is 3.67. The van der Waals surface area contributed by atoms with Crippen molar-refractivity contribution in [3.63, 3.8) is 0 Å². The lowest BCUT2D eigenvalue weighted by Crippen LogP contribution is -2.19. The maximum absolute atomic E-state index is 12.2. The van der Waals surface area contributed by atoms with Gasteiger partial charge in [0, 0.05) is 16.2 Å². The number of halogens is 4. The third-order valence-corrected chi connectivity index (χ3v) is 2.21. The molecule has 1 aromatic rings. The Balaban J connectivity index is 3.05. The van der Waals surface area contributed by atoms with Gasteiger partial charge < -0.3 is 5.73 Å². The van der Waals surface area contributed by atoms with Crippen LogP contribution in [0.15, 0.2) is 16.7 Å². The van der Waals surface area contributed by atoms with Crippen molar-refractivity contribution in [1.82, 2.24) is 4.98 Å². The number of hydrogen-bond acceptors (Lipinski definition) is 2. The van der Waals surface area contributed by atoms with Crippen LogP contribution in [0.2, 0.25) is 5.15 Å². The predicted octanol–water partition coefficient (Wildman–Crippen LogP) is 2.76. The molecule has 0 aliphatic carbocycles. The van der Waals surface area contributed by atoms with Crippen molar-refractivity contribution >= 4 is 27.5 Å². The number of alkyl halides is 2. The van der Waals surface area contributed by atoms with E-state index >= 15 is 0 Å². The third kappa shape index (κ3) is 2.59. The Morgan fingerprint density at radius 1 is 1.54 bits per heavy atom. The van der Waals surface area contributed by atoms with Crippen LogP contribution in [0.25, 0.3) is 0 Å². The molecule has 72 valence electrons. The molecule has 0 bridgehead atoms. The van der Waals surface area contributed by atoms with Gasteiger partial charge in [-0.2, -0.15) is 0 Å². The Morgan fingerprint density at radius 3 is 2.69 bits per heavy atom. The van der Waals surface area contributed by atoms with E-state index < -0.39 is 12.5 Å². The van der Waals surface area contributed by atoms with Crippen molar-refractivity contribution in [2.24, 2.45) is 5.73 Å². The minimum Gasteiger partial charge on any atom is -0.319 e. The van der Waals surface area contributed by atoms with E-state index in [1.807, 2.05) is 0 Å². The van der Waals surface area contributed by atoms with E-state index in [1.165, 1.54) is 12.3 Å². The van der Waals surface area contributed by atoms with Crippen LogP contribution in [0.3, 0.4) is 0 Å². The molecule has 6 heteroatoms. The summed E-state index contributed by atoms with van der Waals surface area (Å²) in [4.78, 5) is 3.69. The molecule has 1 atom stereocenters. The molecule has 1 aromatic heterocycles. The average molecular weight is 271 g/mol. The first-order chi connectivity index (χ1) is 6.02. The number of nitrogens with zero attached hydrogens (tertiary/aromatic N) is 1. The van der Waals surface area contributed by atoms with E-state index in [1.54, 1.807) is 0 Å². The standard InChI is InChI=1S/C7H6BrClF2N2/c8-3-1-4(5(12)7(10)11)6(9)13-2-3/h1-2,5,7H,12H2. The summed E-state index contributed by atoms with van der Waals surface area (Å²) < 4.78 is 25.0. The van der Waals surface area contributed by atoms with Crippen LogP contribution >= 0.6 is 27.5 Å². The monoisotopic (exact) mass is 270 g/mol. The fourth-order valence-corrected chi connectivity index (χ4v) is 1.39. The number of aromatic nitrogens is 1. The molecule has 0 aliphatic heterocycles. The largest absolute Gasteiger partial charge is 0.319 e. The maximum atomic E-state index is 12.2. The summed E-state index contributed by atoms with van der Waals surface area (Å²) >= 11 is 8.68. The molecule has 0 aromatic carbocycles. The van der Waals surface area contributed by atoms with Crippen molar-refractivity contribution < 1.29 is 8.78 Å². The smallest absolute Gasteiger partial charge is 0.257 e. The van der Waals surface area contributed by atoms with Crippen LogP contribution < -0.4 is 5.73 Å². The molecule has 2 N–H and O–H groups in total. The summed E-state index contributed by atoms with van der Waals surface area (Å²) in [7, 11) is 0. The van der Waals surface area contributed by atoms with Crippen molar-refractivity contribution in [2.75, 3.05) is 0 Å². The Morgan fingerprint density at radius 2 is 2.15 bits per heavy atom. The normalized spacial score (nSPS) is 13.4. The zero-order valence-electron chi connectivity index (χ0n) is 6.35. The van der Waals surface area contributed by atoms with Crippen molar-refractivity contribution in [2.45, 2.75) is 12.5 Å². The average Bonchev–Trinajstić information content (AvgIpc) is 2.08. The van der Waals surface area contributed by atoms with Gasteiger partial charge in [0.2, 0.25) is 0 Å². The van der Waals surface area contributed by atoms with E-state index in [9.17, 15) is 8.78 Å².